The van der Waals surface area contributed by atoms with Crippen molar-refractivity contribution in [2.45, 2.75) is 0 Å². The molecule has 22 heavy (non-hydrogen) atoms. The normalized spacial score (nSPS) is 11.2. The van der Waals surface area contributed by atoms with E-state index in [0.717, 1.165) is 21.0 Å². The molecule has 0 fully saturated rings. The van der Waals surface area contributed by atoms with Gasteiger partial charge >= 0.3 is 0 Å². The number of hydrogen-bond donors (Lipinski definition) is 0. The molecule has 2 aromatic carbocycles. The summed E-state index contributed by atoms with van der Waals surface area (Å²) in [6, 6.07) is 13.0. The molecular weight excluding hydrogens is 368 g/mol. The first-order valence-electron chi connectivity index (χ1n) is 6.47. The molecule has 0 bridgehead atoms. The molecule has 0 unspecified atom stereocenters. The summed E-state index contributed by atoms with van der Waals surface area (Å²) in [5.41, 5.74) is 2.00. The predicted octanol–water partition coefficient (Wildman–Crippen LogP) is 5.58. The monoisotopic (exact) mass is 374 g/mol. The van der Waals surface area contributed by atoms with Gasteiger partial charge in [0.2, 0.25) is 5.58 Å². The molecule has 0 saturated carbocycles. The van der Waals surface area contributed by atoms with Crippen LogP contribution in [-0.4, -0.2) is 9.97 Å². The lowest BCUT2D eigenvalue weighted by molar-refractivity contribution is 0.456. The zero-order valence-electron chi connectivity index (χ0n) is 11.1. The molecule has 0 amide bonds. The highest BCUT2D eigenvalue weighted by Gasteiger charge is 2.14. The molecular formula is C16H8BrClN2O2. The Morgan fingerprint density at radius 2 is 1.95 bits per heavy atom. The molecule has 0 aliphatic rings. The van der Waals surface area contributed by atoms with Crippen molar-refractivity contribution in [1.29, 1.82) is 0 Å². The minimum atomic E-state index is 0.371. The minimum Gasteiger partial charge on any atom is -0.449 e. The van der Waals surface area contributed by atoms with Gasteiger partial charge in [0.1, 0.15) is 23.2 Å². The smallest absolute Gasteiger partial charge is 0.267 e. The molecule has 6 heteroatoms. The summed E-state index contributed by atoms with van der Waals surface area (Å²) < 4.78 is 12.4. The Morgan fingerprint density at radius 3 is 2.82 bits per heavy atom. The predicted molar refractivity (Wildman–Crippen MR) is 88.5 cm³/mol. The van der Waals surface area contributed by atoms with Gasteiger partial charge in [0, 0.05) is 9.86 Å². The van der Waals surface area contributed by atoms with Gasteiger partial charge in [-0.25, -0.2) is 4.98 Å². The topological polar surface area (TPSA) is 48.2 Å². The second-order valence-corrected chi connectivity index (χ2v) is 5.89. The molecule has 4 rings (SSSR count). The van der Waals surface area contributed by atoms with Crippen LogP contribution >= 0.6 is 27.5 Å². The van der Waals surface area contributed by atoms with Crippen LogP contribution in [0.2, 0.25) is 5.02 Å². The van der Waals surface area contributed by atoms with Gasteiger partial charge in [-0.2, -0.15) is 4.98 Å². The number of rotatable bonds is 2. The van der Waals surface area contributed by atoms with E-state index in [1.165, 1.54) is 6.33 Å². The number of para-hydroxylation sites is 1. The molecule has 0 saturated heterocycles. The molecule has 0 radical (unpaired) electrons. The molecule has 0 aliphatic carbocycles. The fourth-order valence-electron chi connectivity index (χ4n) is 2.23. The average molecular weight is 376 g/mol. The van der Waals surface area contributed by atoms with Gasteiger partial charge in [-0.05, 0) is 46.3 Å². The molecule has 2 aromatic heterocycles. The molecule has 0 N–H and O–H groups in total. The van der Waals surface area contributed by atoms with Crippen LogP contribution in [0.3, 0.4) is 0 Å². The van der Waals surface area contributed by atoms with Crippen molar-refractivity contribution in [1.82, 2.24) is 9.97 Å². The van der Waals surface area contributed by atoms with E-state index in [1.807, 2.05) is 24.3 Å². The Balaban J connectivity index is 1.86. The highest BCUT2D eigenvalue weighted by molar-refractivity contribution is 9.10. The van der Waals surface area contributed by atoms with E-state index in [1.54, 1.807) is 18.2 Å². The number of nitrogens with zero attached hydrogens (tertiary/aromatic N) is 2. The van der Waals surface area contributed by atoms with E-state index in [4.69, 9.17) is 20.8 Å². The SMILES string of the molecule is Clc1ccc(Oc2ncnc3c2oc2ccccc23)cc1Br. The maximum Gasteiger partial charge on any atom is 0.267 e. The van der Waals surface area contributed by atoms with Gasteiger partial charge < -0.3 is 9.15 Å². The zero-order valence-corrected chi connectivity index (χ0v) is 13.4. The number of furan rings is 1. The quantitative estimate of drug-likeness (QED) is 0.458. The van der Waals surface area contributed by atoms with Crippen LogP contribution in [0.15, 0.2) is 57.7 Å². The Kier molecular flexibility index (Phi) is 3.24. The second-order valence-electron chi connectivity index (χ2n) is 4.63. The van der Waals surface area contributed by atoms with Crippen molar-refractivity contribution >= 4 is 49.6 Å². The van der Waals surface area contributed by atoms with Gasteiger partial charge in [0.25, 0.3) is 5.88 Å². The zero-order chi connectivity index (χ0) is 15.1. The maximum atomic E-state index is 5.99. The number of hydrogen-bond acceptors (Lipinski definition) is 4. The van der Waals surface area contributed by atoms with Crippen molar-refractivity contribution in [2.75, 3.05) is 0 Å². The van der Waals surface area contributed by atoms with Crippen molar-refractivity contribution in [3.8, 4) is 11.6 Å². The Hall–Kier alpha value is -2.11. The molecule has 4 aromatic rings. The molecule has 2 heterocycles. The van der Waals surface area contributed by atoms with E-state index in [9.17, 15) is 0 Å². The van der Waals surface area contributed by atoms with Crippen LogP contribution in [0.4, 0.5) is 0 Å². The summed E-state index contributed by atoms with van der Waals surface area (Å²) in [4.78, 5) is 8.46. The summed E-state index contributed by atoms with van der Waals surface area (Å²) in [6.07, 6.45) is 1.46. The van der Waals surface area contributed by atoms with E-state index in [2.05, 4.69) is 25.9 Å². The van der Waals surface area contributed by atoms with Crippen LogP contribution < -0.4 is 4.74 Å². The summed E-state index contributed by atoms with van der Waals surface area (Å²) in [7, 11) is 0. The number of halogens is 2. The fourth-order valence-corrected chi connectivity index (χ4v) is 2.70. The van der Waals surface area contributed by atoms with E-state index < -0.39 is 0 Å². The lowest BCUT2D eigenvalue weighted by Crippen LogP contribution is -1.89. The number of fused-ring (bicyclic) bond motifs is 3. The third-order valence-corrected chi connectivity index (χ3v) is 4.44. The van der Waals surface area contributed by atoms with Gasteiger partial charge in [-0.1, -0.05) is 23.7 Å². The maximum absolute atomic E-state index is 5.99. The fraction of sp³-hybridized carbons (Fsp3) is 0. The summed E-state index contributed by atoms with van der Waals surface area (Å²) in [5.74, 6) is 0.979. The first-order valence-corrected chi connectivity index (χ1v) is 7.64. The molecule has 0 spiro atoms. The summed E-state index contributed by atoms with van der Waals surface area (Å²) in [5, 5.41) is 1.55. The largest absolute Gasteiger partial charge is 0.449 e. The Morgan fingerprint density at radius 1 is 1.09 bits per heavy atom. The van der Waals surface area contributed by atoms with Crippen molar-refractivity contribution in [2.24, 2.45) is 0 Å². The third-order valence-electron chi connectivity index (χ3n) is 3.23. The van der Waals surface area contributed by atoms with Crippen LogP contribution in [0, 0.1) is 0 Å². The first-order chi connectivity index (χ1) is 10.7. The Labute approximate surface area is 138 Å². The van der Waals surface area contributed by atoms with Gasteiger partial charge in [-0.3, -0.25) is 0 Å². The highest BCUT2D eigenvalue weighted by Crippen LogP contribution is 2.35. The third kappa shape index (κ3) is 2.23. The standard InChI is InChI=1S/C16H8BrClN2O2/c17-11-7-9(5-6-12(11)18)21-16-15-14(19-8-20-16)10-3-1-2-4-13(10)22-15/h1-8H. The van der Waals surface area contributed by atoms with Crippen LogP contribution in [-0.2, 0) is 0 Å². The van der Waals surface area contributed by atoms with Crippen molar-refractivity contribution < 1.29 is 9.15 Å². The summed E-state index contributed by atoms with van der Waals surface area (Å²) in [6.45, 7) is 0. The molecule has 0 atom stereocenters. The lowest BCUT2D eigenvalue weighted by Gasteiger charge is -2.05. The number of benzene rings is 2. The number of aromatic nitrogens is 2. The summed E-state index contributed by atoms with van der Waals surface area (Å²) >= 11 is 9.35. The minimum absolute atomic E-state index is 0.371. The molecule has 0 aliphatic heterocycles. The van der Waals surface area contributed by atoms with E-state index in [0.29, 0.717) is 22.2 Å². The van der Waals surface area contributed by atoms with Crippen LogP contribution in [0.1, 0.15) is 0 Å². The average Bonchev–Trinajstić information content (AvgIpc) is 2.91. The van der Waals surface area contributed by atoms with E-state index >= 15 is 0 Å². The highest BCUT2D eigenvalue weighted by atomic mass is 79.9. The van der Waals surface area contributed by atoms with Gasteiger partial charge in [0.05, 0.1) is 5.02 Å². The number of ether oxygens (including phenoxy) is 1. The van der Waals surface area contributed by atoms with Gasteiger partial charge in [-0.15, -0.1) is 0 Å². The van der Waals surface area contributed by atoms with Crippen molar-refractivity contribution in [3.05, 3.63) is 58.3 Å². The molecule has 4 nitrogen and oxygen atoms in total. The Bertz CT molecular complexity index is 1000. The first kappa shape index (κ1) is 13.5. The van der Waals surface area contributed by atoms with Gasteiger partial charge in [0.15, 0.2) is 0 Å². The van der Waals surface area contributed by atoms with Crippen LogP contribution in [0.5, 0.6) is 11.6 Å². The second kappa shape index (κ2) is 5.26. The molecule has 108 valence electrons. The van der Waals surface area contributed by atoms with Crippen LogP contribution in [0.25, 0.3) is 22.1 Å². The lowest BCUT2D eigenvalue weighted by atomic mass is 10.2. The van der Waals surface area contributed by atoms with Crippen molar-refractivity contribution in [3.63, 3.8) is 0 Å². The van der Waals surface area contributed by atoms with E-state index in [-0.39, 0.29) is 0 Å².